The van der Waals surface area contributed by atoms with Gasteiger partial charge in [0, 0.05) is 13.1 Å². The van der Waals surface area contributed by atoms with Crippen molar-refractivity contribution in [2.75, 3.05) is 19.6 Å². The molecule has 134 valence electrons. The fraction of sp³-hybridized carbons (Fsp3) is 0.474. The number of H-pyrrole nitrogens is 2. The Kier molecular flexibility index (Phi) is 5.38. The molecule has 0 atom stereocenters. The zero-order valence-electron chi connectivity index (χ0n) is 14.9. The van der Waals surface area contributed by atoms with E-state index in [9.17, 15) is 9.59 Å². The zero-order valence-corrected chi connectivity index (χ0v) is 14.9. The number of nitrogens with zero attached hydrogens (tertiary/aromatic N) is 1. The largest absolute Gasteiger partial charge is 0.351 e. The fourth-order valence-electron chi connectivity index (χ4n) is 3.65. The lowest BCUT2D eigenvalue weighted by Crippen LogP contribution is -2.34. The first kappa shape index (κ1) is 17.5. The van der Waals surface area contributed by atoms with Gasteiger partial charge in [-0.2, -0.15) is 0 Å². The number of hydrogen-bond donors (Lipinski definition) is 3. The van der Waals surface area contributed by atoms with Gasteiger partial charge in [-0.05, 0) is 56.8 Å². The van der Waals surface area contributed by atoms with Crippen molar-refractivity contribution in [3.63, 3.8) is 0 Å². The number of aromatic nitrogens is 2. The van der Waals surface area contributed by atoms with Crippen LogP contribution in [0, 0.1) is 6.92 Å². The normalized spacial score (nSPS) is 16.1. The minimum Gasteiger partial charge on any atom is -0.351 e. The Morgan fingerprint density at radius 3 is 2.64 bits per heavy atom. The van der Waals surface area contributed by atoms with Crippen LogP contribution < -0.4 is 11.0 Å². The van der Waals surface area contributed by atoms with Crippen molar-refractivity contribution in [3.8, 4) is 0 Å². The molecule has 0 aliphatic carbocycles. The lowest BCUT2D eigenvalue weighted by Gasteiger charge is -2.32. The molecule has 1 amide bonds. The number of rotatable bonds is 5. The molecule has 1 aromatic carbocycles. The quantitative estimate of drug-likeness (QED) is 0.779. The standard InChI is InChI=1S/C19H26N4O2/c1-3-20-18(24)17-16(21-19(25)22-17)12-23-10-8-14(9-11-23)15-7-5-4-6-13(15)2/h4-7,14H,3,8-12H2,1-2H3,(H,20,24)(H2,21,22,25). The molecule has 3 N–H and O–H groups in total. The zero-order chi connectivity index (χ0) is 17.8. The Labute approximate surface area is 147 Å². The van der Waals surface area contributed by atoms with Crippen LogP contribution >= 0.6 is 0 Å². The summed E-state index contributed by atoms with van der Waals surface area (Å²) in [7, 11) is 0. The Balaban J connectivity index is 1.64. The molecular weight excluding hydrogens is 316 g/mol. The highest BCUT2D eigenvalue weighted by molar-refractivity contribution is 5.93. The van der Waals surface area contributed by atoms with E-state index in [1.54, 1.807) is 0 Å². The van der Waals surface area contributed by atoms with Gasteiger partial charge in [-0.25, -0.2) is 4.79 Å². The third-order valence-corrected chi connectivity index (χ3v) is 4.97. The molecule has 6 heteroatoms. The molecule has 1 aromatic heterocycles. The minimum absolute atomic E-state index is 0.231. The van der Waals surface area contributed by atoms with E-state index >= 15 is 0 Å². The van der Waals surface area contributed by atoms with Crippen LogP contribution in [0.15, 0.2) is 29.1 Å². The highest BCUT2D eigenvalue weighted by Gasteiger charge is 2.24. The van der Waals surface area contributed by atoms with E-state index in [1.165, 1.54) is 11.1 Å². The van der Waals surface area contributed by atoms with Gasteiger partial charge in [0.2, 0.25) is 0 Å². The van der Waals surface area contributed by atoms with Gasteiger partial charge >= 0.3 is 5.69 Å². The first-order valence-electron chi connectivity index (χ1n) is 8.95. The van der Waals surface area contributed by atoms with Crippen molar-refractivity contribution in [1.82, 2.24) is 20.2 Å². The van der Waals surface area contributed by atoms with Crippen LogP contribution in [0.4, 0.5) is 0 Å². The summed E-state index contributed by atoms with van der Waals surface area (Å²) in [6, 6.07) is 8.59. The second kappa shape index (κ2) is 7.70. The summed E-state index contributed by atoms with van der Waals surface area (Å²) in [5, 5.41) is 2.74. The number of amides is 1. The topological polar surface area (TPSA) is 81.0 Å². The lowest BCUT2D eigenvalue weighted by atomic mass is 9.87. The van der Waals surface area contributed by atoms with Gasteiger partial charge < -0.3 is 15.3 Å². The maximum absolute atomic E-state index is 12.1. The minimum atomic E-state index is -0.328. The van der Waals surface area contributed by atoms with Crippen LogP contribution in [0.25, 0.3) is 0 Å². The third kappa shape index (κ3) is 4.02. The smallest absolute Gasteiger partial charge is 0.323 e. The van der Waals surface area contributed by atoms with E-state index in [0.29, 0.717) is 30.4 Å². The second-order valence-corrected chi connectivity index (χ2v) is 6.70. The molecule has 1 aliphatic heterocycles. The van der Waals surface area contributed by atoms with E-state index in [1.807, 2.05) is 6.92 Å². The number of piperidine rings is 1. The highest BCUT2D eigenvalue weighted by Crippen LogP contribution is 2.30. The van der Waals surface area contributed by atoms with Gasteiger partial charge in [-0.15, -0.1) is 0 Å². The van der Waals surface area contributed by atoms with Crippen LogP contribution in [-0.2, 0) is 6.54 Å². The van der Waals surface area contributed by atoms with Crippen LogP contribution in [0.3, 0.4) is 0 Å². The van der Waals surface area contributed by atoms with Gasteiger partial charge in [0.25, 0.3) is 5.91 Å². The van der Waals surface area contributed by atoms with Crippen molar-refractivity contribution in [2.45, 2.75) is 39.2 Å². The van der Waals surface area contributed by atoms with Crippen molar-refractivity contribution in [3.05, 3.63) is 57.3 Å². The van der Waals surface area contributed by atoms with Gasteiger partial charge in [-0.3, -0.25) is 9.69 Å². The molecule has 0 unspecified atom stereocenters. The summed E-state index contributed by atoms with van der Waals surface area (Å²) >= 11 is 0. The first-order valence-corrected chi connectivity index (χ1v) is 8.95. The van der Waals surface area contributed by atoms with Gasteiger partial charge in [0.05, 0.1) is 5.69 Å². The number of likely N-dealkylation sites (tertiary alicyclic amines) is 1. The lowest BCUT2D eigenvalue weighted by molar-refractivity contribution is 0.0948. The Bertz CT molecular complexity index is 785. The predicted molar refractivity (Wildman–Crippen MR) is 97.9 cm³/mol. The summed E-state index contributed by atoms with van der Waals surface area (Å²) < 4.78 is 0. The molecule has 3 rings (SSSR count). The molecule has 2 heterocycles. The third-order valence-electron chi connectivity index (χ3n) is 4.97. The van der Waals surface area contributed by atoms with Crippen molar-refractivity contribution in [2.24, 2.45) is 0 Å². The number of aryl methyl sites for hydroxylation is 1. The molecular formula is C19H26N4O2. The van der Waals surface area contributed by atoms with E-state index < -0.39 is 0 Å². The number of nitrogens with one attached hydrogen (secondary N) is 3. The number of carbonyl (C=O) groups is 1. The van der Waals surface area contributed by atoms with E-state index in [4.69, 9.17) is 0 Å². The molecule has 0 saturated carbocycles. The molecule has 0 radical (unpaired) electrons. The summed E-state index contributed by atoms with van der Waals surface area (Å²) in [6.45, 7) is 7.07. The van der Waals surface area contributed by atoms with Gasteiger partial charge in [-0.1, -0.05) is 24.3 Å². The number of carbonyl (C=O) groups excluding carboxylic acids is 1. The fourth-order valence-corrected chi connectivity index (χ4v) is 3.65. The monoisotopic (exact) mass is 342 g/mol. The van der Waals surface area contributed by atoms with Crippen LogP contribution in [0.1, 0.15) is 53.0 Å². The maximum Gasteiger partial charge on any atom is 0.323 e. The predicted octanol–water partition coefficient (Wildman–Crippen LogP) is 2.14. The summed E-state index contributed by atoms with van der Waals surface area (Å²) in [5.74, 6) is 0.358. The van der Waals surface area contributed by atoms with E-state index in [-0.39, 0.29) is 11.6 Å². The SMILES string of the molecule is CCNC(=O)c1[nH]c(=O)[nH]c1CN1CCC(c2ccccc2C)CC1. The van der Waals surface area contributed by atoms with Crippen LogP contribution in [-0.4, -0.2) is 40.4 Å². The van der Waals surface area contributed by atoms with Crippen LogP contribution in [0.5, 0.6) is 0 Å². The molecule has 25 heavy (non-hydrogen) atoms. The Hall–Kier alpha value is -2.34. The van der Waals surface area contributed by atoms with E-state index in [0.717, 1.165) is 25.9 Å². The molecule has 1 aliphatic rings. The van der Waals surface area contributed by atoms with Crippen LogP contribution in [0.2, 0.25) is 0 Å². The first-order chi connectivity index (χ1) is 12.1. The number of benzene rings is 1. The van der Waals surface area contributed by atoms with Crippen molar-refractivity contribution in [1.29, 1.82) is 0 Å². The molecule has 0 spiro atoms. The molecule has 1 fully saturated rings. The van der Waals surface area contributed by atoms with Crippen molar-refractivity contribution >= 4 is 5.91 Å². The second-order valence-electron chi connectivity index (χ2n) is 6.70. The number of aromatic amines is 2. The maximum atomic E-state index is 12.1. The number of hydrogen-bond acceptors (Lipinski definition) is 3. The van der Waals surface area contributed by atoms with Gasteiger partial charge in [0.1, 0.15) is 5.69 Å². The van der Waals surface area contributed by atoms with Gasteiger partial charge in [0.15, 0.2) is 0 Å². The summed E-state index contributed by atoms with van der Waals surface area (Å²) in [4.78, 5) is 31.4. The highest BCUT2D eigenvalue weighted by atomic mass is 16.2. The summed E-state index contributed by atoms with van der Waals surface area (Å²) in [5.41, 5.74) is 3.50. The summed E-state index contributed by atoms with van der Waals surface area (Å²) in [6.07, 6.45) is 2.19. The molecule has 1 saturated heterocycles. The average molecular weight is 342 g/mol. The molecule has 0 bridgehead atoms. The average Bonchev–Trinajstić information content (AvgIpc) is 2.97. The van der Waals surface area contributed by atoms with Crippen molar-refractivity contribution < 1.29 is 4.79 Å². The van der Waals surface area contributed by atoms with E-state index in [2.05, 4.69) is 51.4 Å². The Morgan fingerprint density at radius 1 is 1.24 bits per heavy atom. The number of imidazole rings is 1. The molecule has 6 nitrogen and oxygen atoms in total. The molecule has 2 aromatic rings. The Morgan fingerprint density at radius 2 is 1.96 bits per heavy atom.